The molecule has 77 valence electrons. The summed E-state index contributed by atoms with van der Waals surface area (Å²) in [6.07, 6.45) is -0.294. The van der Waals surface area contributed by atoms with E-state index in [1.54, 1.807) is 4.90 Å². The largest absolute Gasteiger partial charge is 0.444 e. The highest BCUT2D eigenvalue weighted by molar-refractivity contribution is 5.68. The molecule has 1 radical (unpaired) electrons. The molecule has 0 aliphatic heterocycles. The Labute approximate surface area is 81.1 Å². The van der Waals surface area contributed by atoms with Crippen LogP contribution in [0.25, 0.3) is 0 Å². The highest BCUT2D eigenvalue weighted by Crippen LogP contribution is 2.11. The van der Waals surface area contributed by atoms with Gasteiger partial charge in [-0.3, -0.25) is 0 Å². The van der Waals surface area contributed by atoms with Gasteiger partial charge in [0.05, 0.1) is 0 Å². The highest BCUT2D eigenvalue weighted by atomic mass is 16.6. The number of hydrogen-bond acceptors (Lipinski definition) is 2. The summed E-state index contributed by atoms with van der Waals surface area (Å²) in [4.78, 5) is 13.1. The van der Waals surface area contributed by atoms with E-state index in [0.717, 1.165) is 0 Å². The molecule has 0 bridgehead atoms. The van der Waals surface area contributed by atoms with Crippen LogP contribution in [0, 0.1) is 6.92 Å². The molecule has 0 N–H and O–H groups in total. The maximum absolute atomic E-state index is 11.5. The third kappa shape index (κ3) is 4.76. The molecule has 0 rings (SSSR count). The minimum atomic E-state index is -0.431. The molecule has 0 fully saturated rings. The molecule has 3 heteroatoms. The summed E-state index contributed by atoms with van der Waals surface area (Å²) in [5.41, 5.74) is -0.431. The van der Waals surface area contributed by atoms with Gasteiger partial charge in [-0.25, -0.2) is 4.79 Å². The van der Waals surface area contributed by atoms with Crippen LogP contribution < -0.4 is 0 Å². The minimum absolute atomic E-state index is 0.132. The average molecular weight is 186 g/mol. The SMILES string of the molecule is [CH2]CN(C(=O)OC(C)(C)C)C(C)C. The zero-order valence-corrected chi connectivity index (χ0v) is 9.26. The lowest BCUT2D eigenvalue weighted by atomic mass is 10.2. The first-order chi connectivity index (χ1) is 5.78. The van der Waals surface area contributed by atoms with Gasteiger partial charge >= 0.3 is 6.09 Å². The van der Waals surface area contributed by atoms with Crippen molar-refractivity contribution >= 4 is 6.09 Å². The number of rotatable bonds is 2. The van der Waals surface area contributed by atoms with Gasteiger partial charge in [-0.2, -0.15) is 0 Å². The van der Waals surface area contributed by atoms with Crippen LogP contribution in [0.3, 0.4) is 0 Å². The molecule has 0 atom stereocenters. The summed E-state index contributed by atoms with van der Waals surface area (Å²) < 4.78 is 5.20. The van der Waals surface area contributed by atoms with Gasteiger partial charge in [-0.05, 0) is 41.5 Å². The third-order valence-corrected chi connectivity index (χ3v) is 1.49. The van der Waals surface area contributed by atoms with E-state index in [0.29, 0.717) is 6.54 Å². The molecule has 0 aliphatic carbocycles. The number of hydrogen-bond donors (Lipinski definition) is 0. The van der Waals surface area contributed by atoms with Crippen molar-refractivity contribution in [1.82, 2.24) is 4.90 Å². The summed E-state index contributed by atoms with van der Waals surface area (Å²) in [5, 5.41) is 0. The van der Waals surface area contributed by atoms with Crippen LogP contribution in [0.5, 0.6) is 0 Å². The molecule has 0 aliphatic rings. The average Bonchev–Trinajstić information content (AvgIpc) is 1.82. The Morgan fingerprint density at radius 3 is 2.15 bits per heavy atom. The predicted molar refractivity (Wildman–Crippen MR) is 53.4 cm³/mol. The Kier molecular flexibility index (Phi) is 4.24. The lowest BCUT2D eigenvalue weighted by molar-refractivity contribution is 0.0216. The molecular formula is C10H20NO2. The van der Waals surface area contributed by atoms with Crippen molar-refractivity contribution in [3.63, 3.8) is 0 Å². The second-order valence-corrected chi connectivity index (χ2v) is 4.27. The lowest BCUT2D eigenvalue weighted by Crippen LogP contribution is -2.40. The van der Waals surface area contributed by atoms with E-state index in [1.165, 1.54) is 0 Å². The van der Waals surface area contributed by atoms with Gasteiger partial charge in [0, 0.05) is 12.6 Å². The molecule has 0 saturated carbocycles. The number of nitrogens with zero attached hydrogens (tertiary/aromatic N) is 1. The first-order valence-corrected chi connectivity index (χ1v) is 4.57. The van der Waals surface area contributed by atoms with E-state index in [4.69, 9.17) is 4.74 Å². The maximum atomic E-state index is 11.5. The van der Waals surface area contributed by atoms with Crippen molar-refractivity contribution in [2.24, 2.45) is 0 Å². The molecule has 0 aromatic carbocycles. The zero-order valence-electron chi connectivity index (χ0n) is 9.26. The van der Waals surface area contributed by atoms with Gasteiger partial charge in [0.15, 0.2) is 0 Å². The topological polar surface area (TPSA) is 29.5 Å². The van der Waals surface area contributed by atoms with E-state index < -0.39 is 5.60 Å². The third-order valence-electron chi connectivity index (χ3n) is 1.49. The standard InChI is InChI=1S/C10H20NO2/c1-7-11(8(2)3)9(12)13-10(4,5)6/h8H,1,7H2,2-6H3. The molecule has 0 aromatic heterocycles. The molecule has 13 heavy (non-hydrogen) atoms. The fourth-order valence-electron chi connectivity index (χ4n) is 0.881. The quantitative estimate of drug-likeness (QED) is 0.663. The van der Waals surface area contributed by atoms with Crippen molar-refractivity contribution < 1.29 is 9.53 Å². The van der Waals surface area contributed by atoms with Crippen LogP contribution in [0.2, 0.25) is 0 Å². The Bertz CT molecular complexity index is 170. The highest BCUT2D eigenvalue weighted by Gasteiger charge is 2.22. The molecular weight excluding hydrogens is 166 g/mol. The number of amides is 1. The van der Waals surface area contributed by atoms with Gasteiger partial charge in [0.1, 0.15) is 5.60 Å². The fourth-order valence-corrected chi connectivity index (χ4v) is 0.881. The van der Waals surface area contributed by atoms with Gasteiger partial charge in [0.25, 0.3) is 0 Å². The van der Waals surface area contributed by atoms with Gasteiger partial charge in [0.2, 0.25) is 0 Å². The molecule has 0 saturated heterocycles. The van der Waals surface area contributed by atoms with Crippen molar-refractivity contribution in [1.29, 1.82) is 0 Å². The second-order valence-electron chi connectivity index (χ2n) is 4.27. The number of ether oxygens (including phenoxy) is 1. The van der Waals surface area contributed by atoms with Crippen LogP contribution in [0.15, 0.2) is 0 Å². The van der Waals surface area contributed by atoms with Crippen LogP contribution in [-0.2, 0) is 4.74 Å². The minimum Gasteiger partial charge on any atom is -0.444 e. The van der Waals surface area contributed by atoms with E-state index in [-0.39, 0.29) is 12.1 Å². The molecule has 0 spiro atoms. The summed E-state index contributed by atoms with van der Waals surface area (Å²) in [6.45, 7) is 13.6. The van der Waals surface area contributed by atoms with Crippen molar-refractivity contribution in [3.05, 3.63) is 6.92 Å². The fraction of sp³-hybridized carbons (Fsp3) is 0.800. The van der Waals surface area contributed by atoms with Gasteiger partial charge < -0.3 is 9.64 Å². The van der Waals surface area contributed by atoms with E-state index in [9.17, 15) is 4.79 Å². The van der Waals surface area contributed by atoms with Crippen LogP contribution >= 0.6 is 0 Å². The van der Waals surface area contributed by atoms with Crippen LogP contribution in [0.4, 0.5) is 4.79 Å². The molecule has 0 heterocycles. The summed E-state index contributed by atoms with van der Waals surface area (Å²) >= 11 is 0. The van der Waals surface area contributed by atoms with Gasteiger partial charge in [-0.15, -0.1) is 0 Å². The Hall–Kier alpha value is -0.730. The smallest absolute Gasteiger partial charge is 0.410 e. The number of carbonyl (C=O) groups is 1. The van der Waals surface area contributed by atoms with E-state index in [2.05, 4.69) is 6.92 Å². The summed E-state index contributed by atoms with van der Waals surface area (Å²) in [6, 6.07) is 0.132. The van der Waals surface area contributed by atoms with E-state index >= 15 is 0 Å². The zero-order chi connectivity index (χ0) is 10.6. The van der Waals surface area contributed by atoms with Gasteiger partial charge in [-0.1, -0.05) is 0 Å². The van der Waals surface area contributed by atoms with Crippen molar-refractivity contribution in [2.45, 2.75) is 46.3 Å². The Balaban J connectivity index is 4.23. The normalized spacial score (nSPS) is 11.6. The second kappa shape index (κ2) is 4.49. The first-order valence-electron chi connectivity index (χ1n) is 4.57. The molecule has 0 aromatic rings. The van der Waals surface area contributed by atoms with Crippen LogP contribution in [0.1, 0.15) is 34.6 Å². The predicted octanol–water partition coefficient (Wildman–Crippen LogP) is 2.47. The first kappa shape index (κ1) is 12.3. The molecule has 0 unspecified atom stereocenters. The summed E-state index contributed by atoms with van der Waals surface area (Å²) in [5.74, 6) is 0. The van der Waals surface area contributed by atoms with Crippen LogP contribution in [-0.4, -0.2) is 29.2 Å². The van der Waals surface area contributed by atoms with Crippen molar-refractivity contribution in [3.8, 4) is 0 Å². The maximum Gasteiger partial charge on any atom is 0.410 e. The lowest BCUT2D eigenvalue weighted by Gasteiger charge is -2.28. The Morgan fingerprint density at radius 1 is 1.46 bits per heavy atom. The Morgan fingerprint density at radius 2 is 1.92 bits per heavy atom. The number of carbonyl (C=O) groups excluding carboxylic acids is 1. The molecule has 3 nitrogen and oxygen atoms in total. The van der Waals surface area contributed by atoms with E-state index in [1.807, 2.05) is 34.6 Å². The van der Waals surface area contributed by atoms with Crippen molar-refractivity contribution in [2.75, 3.05) is 6.54 Å². The summed E-state index contributed by atoms with van der Waals surface area (Å²) in [7, 11) is 0. The monoisotopic (exact) mass is 186 g/mol. The molecule has 1 amide bonds.